The van der Waals surface area contributed by atoms with E-state index in [1.807, 2.05) is 18.7 Å². The maximum atomic E-state index is 13.4. The minimum absolute atomic E-state index is 0.0191. The zero-order valence-electron chi connectivity index (χ0n) is 20.8. The van der Waals surface area contributed by atoms with Crippen LogP contribution >= 0.6 is 0 Å². The molecule has 1 N–H and O–H groups in total. The number of aromatic hydroxyl groups is 1. The fourth-order valence-corrected chi connectivity index (χ4v) is 7.31. The largest absolute Gasteiger partial charge is 0.507 e. The van der Waals surface area contributed by atoms with Crippen LogP contribution in [0.25, 0.3) is 0 Å². The number of nitrogens with zero attached hydrogens (tertiary/aromatic N) is 2. The Balaban J connectivity index is 1.18. The van der Waals surface area contributed by atoms with Crippen LogP contribution in [0.3, 0.4) is 0 Å². The number of amides is 1. The number of piperidine rings is 3. The third-order valence-electron chi connectivity index (χ3n) is 8.65. The standard InChI is InChI=1S/C28H36N2O5/c1-28(2)14-23(32)26-22(31)12-20(13-24(26)35-28)34-16-25(33)30-9-5-6-17-10-18-11-19(27(17)30)15-29-8-4-3-7-21(18)29/h10,12-13,18-19,21,27,31H,3-9,11,14-16H2,1-2H3/t18-,19-,21?,27?/m0/s1. The number of ketones is 1. The second kappa shape index (κ2) is 8.54. The molecule has 188 valence electrons. The molecule has 7 nitrogen and oxygen atoms in total. The third kappa shape index (κ3) is 4.11. The number of phenolic OH excluding ortho intramolecular Hbond substituents is 1. The summed E-state index contributed by atoms with van der Waals surface area (Å²) in [5, 5.41) is 10.5. The predicted octanol–water partition coefficient (Wildman–Crippen LogP) is 3.94. The van der Waals surface area contributed by atoms with Gasteiger partial charge in [-0.15, -0.1) is 0 Å². The van der Waals surface area contributed by atoms with Crippen molar-refractivity contribution in [1.29, 1.82) is 0 Å². The van der Waals surface area contributed by atoms with E-state index in [0.717, 1.165) is 25.9 Å². The van der Waals surface area contributed by atoms with Gasteiger partial charge >= 0.3 is 0 Å². The van der Waals surface area contributed by atoms with Gasteiger partial charge in [0.25, 0.3) is 5.91 Å². The SMILES string of the molecule is CC1(C)CC(=O)c2c(O)cc(OCC(=O)N3CCCC4=C[C@H]5C[C@@H](CN6CCCCC56)C43)cc2O1. The zero-order valence-corrected chi connectivity index (χ0v) is 20.8. The minimum atomic E-state index is -0.645. The molecular weight excluding hydrogens is 444 g/mol. The quantitative estimate of drug-likeness (QED) is 0.661. The van der Waals surface area contributed by atoms with E-state index >= 15 is 0 Å². The number of hydrogen-bond acceptors (Lipinski definition) is 6. The van der Waals surface area contributed by atoms with Crippen LogP contribution in [0, 0.1) is 11.8 Å². The summed E-state index contributed by atoms with van der Waals surface area (Å²) in [4.78, 5) is 30.6. The summed E-state index contributed by atoms with van der Waals surface area (Å²) in [5.74, 6) is 1.45. The molecule has 0 aromatic heterocycles. The Morgan fingerprint density at radius 2 is 2.09 bits per heavy atom. The fourth-order valence-electron chi connectivity index (χ4n) is 7.31. The molecule has 0 radical (unpaired) electrons. The summed E-state index contributed by atoms with van der Waals surface area (Å²) < 4.78 is 11.8. The molecule has 1 amide bonds. The number of carbonyl (C=O) groups is 2. The molecule has 1 aromatic carbocycles. The van der Waals surface area contributed by atoms with E-state index in [2.05, 4.69) is 11.0 Å². The van der Waals surface area contributed by atoms with E-state index in [1.54, 1.807) is 6.07 Å². The highest BCUT2D eigenvalue weighted by atomic mass is 16.5. The maximum Gasteiger partial charge on any atom is 0.261 e. The summed E-state index contributed by atoms with van der Waals surface area (Å²) in [6.45, 7) is 6.63. The lowest BCUT2D eigenvalue weighted by atomic mass is 9.68. The van der Waals surface area contributed by atoms with E-state index < -0.39 is 5.60 Å². The van der Waals surface area contributed by atoms with Gasteiger partial charge in [0, 0.05) is 31.3 Å². The number of carbonyl (C=O) groups excluding carboxylic acids is 2. The van der Waals surface area contributed by atoms with Crippen molar-refractivity contribution in [1.82, 2.24) is 9.80 Å². The summed E-state index contributed by atoms with van der Waals surface area (Å²) in [5.41, 5.74) is 1.00. The van der Waals surface area contributed by atoms with Gasteiger partial charge in [-0.2, -0.15) is 0 Å². The van der Waals surface area contributed by atoms with Crippen LogP contribution < -0.4 is 9.47 Å². The van der Waals surface area contributed by atoms with Crippen molar-refractivity contribution < 1.29 is 24.2 Å². The van der Waals surface area contributed by atoms with Gasteiger partial charge in [0.15, 0.2) is 12.4 Å². The molecule has 7 heteroatoms. The van der Waals surface area contributed by atoms with Crippen LogP contribution in [0.2, 0.25) is 0 Å². The maximum absolute atomic E-state index is 13.4. The van der Waals surface area contributed by atoms with Gasteiger partial charge in [0.05, 0.1) is 12.5 Å². The van der Waals surface area contributed by atoms with Gasteiger partial charge < -0.3 is 19.5 Å². The Bertz CT molecular complexity index is 1080. The molecule has 6 rings (SSSR count). The van der Waals surface area contributed by atoms with Gasteiger partial charge in [0.2, 0.25) is 0 Å². The Morgan fingerprint density at radius 3 is 2.94 bits per heavy atom. The highest BCUT2D eigenvalue weighted by molar-refractivity contribution is 6.03. The van der Waals surface area contributed by atoms with E-state index in [-0.39, 0.29) is 42.1 Å². The molecule has 4 atom stereocenters. The van der Waals surface area contributed by atoms with Crippen LogP contribution in [0.15, 0.2) is 23.8 Å². The van der Waals surface area contributed by atoms with Crippen molar-refractivity contribution in [3.05, 3.63) is 29.3 Å². The first kappa shape index (κ1) is 22.9. The van der Waals surface area contributed by atoms with Crippen molar-refractivity contribution in [2.45, 2.75) is 76.5 Å². The van der Waals surface area contributed by atoms with Crippen molar-refractivity contribution in [3.8, 4) is 17.2 Å². The van der Waals surface area contributed by atoms with Gasteiger partial charge in [-0.25, -0.2) is 0 Å². The highest BCUT2D eigenvalue weighted by Gasteiger charge is 2.47. The first-order valence-electron chi connectivity index (χ1n) is 13.3. The molecule has 35 heavy (non-hydrogen) atoms. The molecule has 2 unspecified atom stereocenters. The Hall–Kier alpha value is -2.54. The number of ether oxygens (including phenoxy) is 2. The topological polar surface area (TPSA) is 79.3 Å². The Labute approximate surface area is 207 Å². The van der Waals surface area contributed by atoms with Crippen molar-refractivity contribution in [2.24, 2.45) is 11.8 Å². The third-order valence-corrected chi connectivity index (χ3v) is 8.65. The van der Waals surface area contributed by atoms with Crippen molar-refractivity contribution >= 4 is 11.7 Å². The molecule has 0 saturated carbocycles. The Morgan fingerprint density at radius 1 is 1.23 bits per heavy atom. The second-order valence-electron chi connectivity index (χ2n) is 11.7. The van der Waals surface area contributed by atoms with Crippen molar-refractivity contribution in [3.63, 3.8) is 0 Å². The first-order valence-corrected chi connectivity index (χ1v) is 13.3. The highest BCUT2D eigenvalue weighted by Crippen LogP contribution is 2.45. The van der Waals surface area contributed by atoms with Gasteiger partial charge in [-0.1, -0.05) is 18.1 Å². The number of fused-ring (bicyclic) bond motifs is 7. The van der Waals surface area contributed by atoms with Gasteiger partial charge in [-0.05, 0) is 64.3 Å². The lowest BCUT2D eigenvalue weighted by molar-refractivity contribution is -0.138. The minimum Gasteiger partial charge on any atom is -0.507 e. The summed E-state index contributed by atoms with van der Waals surface area (Å²) >= 11 is 0. The van der Waals surface area contributed by atoms with Crippen LogP contribution in [0.4, 0.5) is 0 Å². The van der Waals surface area contributed by atoms with Crippen LogP contribution in [0.1, 0.15) is 69.2 Å². The lowest BCUT2D eigenvalue weighted by Crippen LogP contribution is -2.60. The molecule has 3 fully saturated rings. The Kier molecular flexibility index (Phi) is 5.59. The molecule has 4 aliphatic heterocycles. The lowest BCUT2D eigenvalue weighted by Gasteiger charge is -2.54. The molecule has 5 aliphatic rings. The van der Waals surface area contributed by atoms with E-state index in [9.17, 15) is 14.7 Å². The van der Waals surface area contributed by atoms with Gasteiger partial charge in [-0.3, -0.25) is 14.5 Å². The molecule has 2 bridgehead atoms. The monoisotopic (exact) mass is 480 g/mol. The van der Waals surface area contributed by atoms with Gasteiger partial charge in [0.1, 0.15) is 28.4 Å². The number of rotatable bonds is 3. The van der Waals surface area contributed by atoms with Crippen LogP contribution in [-0.2, 0) is 4.79 Å². The first-order chi connectivity index (χ1) is 16.8. The fraction of sp³-hybridized carbons (Fsp3) is 0.643. The van der Waals surface area contributed by atoms with Crippen LogP contribution in [-0.4, -0.2) is 70.5 Å². The molecule has 0 spiro atoms. The van der Waals surface area contributed by atoms with E-state index in [1.165, 1.54) is 43.9 Å². The molecule has 3 saturated heterocycles. The number of Topliss-reactive ketones (excluding diaryl/α,β-unsaturated/α-hetero) is 1. The second-order valence-corrected chi connectivity index (χ2v) is 11.7. The molecule has 1 aliphatic carbocycles. The number of phenols is 1. The summed E-state index contributed by atoms with van der Waals surface area (Å²) in [6.07, 6.45) is 9.92. The normalized spacial score (nSPS) is 31.4. The number of hydrogen-bond donors (Lipinski definition) is 1. The zero-order chi connectivity index (χ0) is 24.3. The summed E-state index contributed by atoms with van der Waals surface area (Å²) in [7, 11) is 0. The molecular formula is C28H36N2O5. The van der Waals surface area contributed by atoms with E-state index in [4.69, 9.17) is 9.47 Å². The van der Waals surface area contributed by atoms with E-state index in [0.29, 0.717) is 29.4 Å². The van der Waals surface area contributed by atoms with Crippen molar-refractivity contribution in [2.75, 3.05) is 26.2 Å². The smallest absolute Gasteiger partial charge is 0.261 e. The summed E-state index contributed by atoms with van der Waals surface area (Å²) in [6, 6.07) is 3.90. The average molecular weight is 481 g/mol. The van der Waals surface area contributed by atoms with Crippen LogP contribution in [0.5, 0.6) is 17.2 Å². The number of benzene rings is 1. The predicted molar refractivity (Wildman–Crippen MR) is 131 cm³/mol. The average Bonchev–Trinajstić information content (AvgIpc) is 2.81. The number of likely N-dealkylation sites (tertiary alicyclic amines) is 1. The molecule has 1 aromatic rings. The molecule has 4 heterocycles.